The number of ether oxygens (including phenoxy) is 1. The number of hydrogen-bond donors (Lipinski definition) is 1. The van der Waals surface area contributed by atoms with Crippen LogP contribution in [0.25, 0.3) is 0 Å². The van der Waals surface area contributed by atoms with Crippen LogP contribution in [-0.2, 0) is 6.42 Å². The first kappa shape index (κ1) is 12.0. The number of terminal acetylenes is 1. The van der Waals surface area contributed by atoms with E-state index in [9.17, 15) is 0 Å². The maximum absolute atomic E-state index is 5.48. The van der Waals surface area contributed by atoms with Crippen molar-refractivity contribution >= 4 is 0 Å². The van der Waals surface area contributed by atoms with Gasteiger partial charge in [-0.1, -0.05) is 18.9 Å². The maximum atomic E-state index is 5.48. The third-order valence-electron chi connectivity index (χ3n) is 3.20. The summed E-state index contributed by atoms with van der Waals surface area (Å²) in [5.41, 5.74) is 2.82. The summed E-state index contributed by atoms with van der Waals surface area (Å²) >= 11 is 0. The summed E-state index contributed by atoms with van der Waals surface area (Å²) in [5.74, 6) is 3.38. The Kier molecular flexibility index (Phi) is 4.06. The van der Waals surface area contributed by atoms with Crippen molar-refractivity contribution < 1.29 is 4.74 Å². The van der Waals surface area contributed by atoms with Gasteiger partial charge in [-0.25, -0.2) is 0 Å². The predicted molar refractivity (Wildman–Crippen MR) is 70.1 cm³/mol. The van der Waals surface area contributed by atoms with E-state index in [4.69, 9.17) is 11.2 Å². The van der Waals surface area contributed by atoms with Gasteiger partial charge in [0.15, 0.2) is 0 Å². The number of fused-ring (bicyclic) bond motifs is 1. The van der Waals surface area contributed by atoms with Gasteiger partial charge in [-0.05, 0) is 49.1 Å². The third-order valence-corrected chi connectivity index (χ3v) is 3.20. The molecule has 0 saturated heterocycles. The first-order valence-corrected chi connectivity index (χ1v) is 6.27. The van der Waals surface area contributed by atoms with Crippen LogP contribution in [0.4, 0.5) is 0 Å². The van der Waals surface area contributed by atoms with E-state index in [1.165, 1.54) is 30.4 Å². The highest BCUT2D eigenvalue weighted by Gasteiger charge is 2.19. The van der Waals surface area contributed by atoms with Gasteiger partial charge >= 0.3 is 0 Å². The normalized spacial score (nSPS) is 18.2. The van der Waals surface area contributed by atoms with E-state index in [1.807, 2.05) is 6.07 Å². The Bertz CT molecular complexity index is 419. The van der Waals surface area contributed by atoms with E-state index < -0.39 is 0 Å². The Morgan fingerprint density at radius 2 is 2.41 bits per heavy atom. The topological polar surface area (TPSA) is 21.3 Å². The van der Waals surface area contributed by atoms with Gasteiger partial charge in [0.25, 0.3) is 0 Å². The van der Waals surface area contributed by atoms with Crippen molar-refractivity contribution in [2.24, 2.45) is 0 Å². The Morgan fingerprint density at radius 3 is 3.18 bits per heavy atom. The Hall–Kier alpha value is -1.46. The van der Waals surface area contributed by atoms with Gasteiger partial charge in [0.05, 0.1) is 0 Å². The molecule has 0 bridgehead atoms. The molecule has 2 nitrogen and oxygen atoms in total. The number of rotatable bonds is 4. The summed E-state index contributed by atoms with van der Waals surface area (Å²) in [7, 11) is 0. The Morgan fingerprint density at radius 1 is 1.53 bits per heavy atom. The number of nitrogens with one attached hydrogen (secondary N) is 1. The van der Waals surface area contributed by atoms with Crippen molar-refractivity contribution in [3.05, 3.63) is 29.3 Å². The number of benzene rings is 1. The van der Waals surface area contributed by atoms with Gasteiger partial charge in [0, 0.05) is 6.04 Å². The van der Waals surface area contributed by atoms with Crippen LogP contribution in [-0.4, -0.2) is 13.2 Å². The zero-order valence-corrected chi connectivity index (χ0v) is 10.3. The quantitative estimate of drug-likeness (QED) is 0.801. The van der Waals surface area contributed by atoms with Crippen molar-refractivity contribution in [2.45, 2.75) is 32.2 Å². The van der Waals surface area contributed by atoms with Gasteiger partial charge in [0.2, 0.25) is 0 Å². The molecule has 2 rings (SSSR count). The van der Waals surface area contributed by atoms with Gasteiger partial charge in [-0.15, -0.1) is 6.42 Å². The average molecular weight is 229 g/mol. The molecule has 0 heterocycles. The molecule has 0 aromatic heterocycles. The molecule has 0 spiro atoms. The Labute approximate surface area is 103 Å². The molecule has 90 valence electrons. The predicted octanol–water partition coefficient (Wildman–Crippen LogP) is 2.69. The van der Waals surface area contributed by atoms with Crippen molar-refractivity contribution in [3.63, 3.8) is 0 Å². The van der Waals surface area contributed by atoms with E-state index in [0.717, 1.165) is 12.3 Å². The molecular formula is C15H19NO. The zero-order chi connectivity index (χ0) is 12.1. The lowest BCUT2D eigenvalue weighted by Crippen LogP contribution is -2.24. The van der Waals surface area contributed by atoms with Crippen molar-refractivity contribution in [1.82, 2.24) is 5.32 Å². The molecule has 1 aliphatic rings. The second kappa shape index (κ2) is 5.75. The smallest absolute Gasteiger partial charge is 0.148 e. The summed E-state index contributed by atoms with van der Waals surface area (Å²) in [5, 5.41) is 3.53. The highest BCUT2D eigenvalue weighted by atomic mass is 16.5. The Balaban J connectivity index is 2.21. The van der Waals surface area contributed by atoms with Crippen LogP contribution in [0.2, 0.25) is 0 Å². The largest absolute Gasteiger partial charge is 0.481 e. The molecule has 1 unspecified atom stereocenters. The maximum Gasteiger partial charge on any atom is 0.148 e. The zero-order valence-electron chi connectivity index (χ0n) is 10.3. The molecule has 1 aromatic rings. The molecule has 0 aliphatic heterocycles. The lowest BCUT2D eigenvalue weighted by atomic mass is 9.87. The van der Waals surface area contributed by atoms with Crippen LogP contribution in [0.5, 0.6) is 5.75 Å². The molecule has 1 N–H and O–H groups in total. The van der Waals surface area contributed by atoms with Crippen LogP contribution in [0.1, 0.15) is 36.9 Å². The van der Waals surface area contributed by atoms with Crippen LogP contribution in [0, 0.1) is 12.3 Å². The second-order valence-electron chi connectivity index (χ2n) is 4.36. The van der Waals surface area contributed by atoms with E-state index in [2.05, 4.69) is 30.3 Å². The monoisotopic (exact) mass is 229 g/mol. The highest BCUT2D eigenvalue weighted by Crippen LogP contribution is 2.32. The van der Waals surface area contributed by atoms with Gasteiger partial charge in [0.1, 0.15) is 12.4 Å². The molecule has 1 aliphatic carbocycles. The first-order valence-electron chi connectivity index (χ1n) is 6.27. The number of hydrogen-bond acceptors (Lipinski definition) is 2. The summed E-state index contributed by atoms with van der Waals surface area (Å²) in [6, 6.07) is 6.80. The van der Waals surface area contributed by atoms with E-state index in [0.29, 0.717) is 12.6 Å². The lowest BCUT2D eigenvalue weighted by Gasteiger charge is -2.26. The highest BCUT2D eigenvalue weighted by molar-refractivity contribution is 5.39. The summed E-state index contributed by atoms with van der Waals surface area (Å²) in [4.78, 5) is 0. The van der Waals surface area contributed by atoms with E-state index in [1.54, 1.807) is 0 Å². The van der Waals surface area contributed by atoms with E-state index in [-0.39, 0.29) is 0 Å². The molecule has 0 saturated carbocycles. The minimum absolute atomic E-state index is 0.338. The van der Waals surface area contributed by atoms with Crippen LogP contribution in [0.15, 0.2) is 18.2 Å². The molecule has 0 fully saturated rings. The second-order valence-corrected chi connectivity index (χ2v) is 4.36. The standard InChI is InChI=1S/C15H19NO/c1-3-10-17-13-9-8-12-6-5-7-15(16-4-2)14(12)11-13/h1,8-9,11,15-16H,4-7,10H2,2H3. The molecule has 1 atom stereocenters. The summed E-state index contributed by atoms with van der Waals surface area (Å²) < 4.78 is 5.48. The molecule has 2 heteroatoms. The SMILES string of the molecule is C#CCOc1ccc2c(c1)C(NCC)CCC2. The van der Waals surface area contributed by atoms with E-state index >= 15 is 0 Å². The lowest BCUT2D eigenvalue weighted by molar-refractivity contribution is 0.367. The van der Waals surface area contributed by atoms with Crippen molar-refractivity contribution in [1.29, 1.82) is 0 Å². The first-order chi connectivity index (χ1) is 8.35. The minimum atomic E-state index is 0.338. The molecule has 1 aromatic carbocycles. The molecule has 0 radical (unpaired) electrons. The number of aryl methyl sites for hydroxylation is 1. The molecule has 0 amide bonds. The fourth-order valence-corrected chi connectivity index (χ4v) is 2.45. The summed E-state index contributed by atoms with van der Waals surface area (Å²) in [6.45, 7) is 3.48. The van der Waals surface area contributed by atoms with Crippen LogP contribution < -0.4 is 10.1 Å². The average Bonchev–Trinajstić information content (AvgIpc) is 2.37. The fourth-order valence-electron chi connectivity index (χ4n) is 2.45. The van der Waals surface area contributed by atoms with Gasteiger partial charge in [-0.3, -0.25) is 0 Å². The van der Waals surface area contributed by atoms with Gasteiger partial charge in [-0.2, -0.15) is 0 Å². The summed E-state index contributed by atoms with van der Waals surface area (Å²) in [6.07, 6.45) is 8.84. The fraction of sp³-hybridized carbons (Fsp3) is 0.467. The van der Waals surface area contributed by atoms with Gasteiger partial charge < -0.3 is 10.1 Å². The van der Waals surface area contributed by atoms with Crippen molar-refractivity contribution in [3.8, 4) is 18.1 Å². The third kappa shape index (κ3) is 2.81. The minimum Gasteiger partial charge on any atom is -0.481 e. The molecular weight excluding hydrogens is 210 g/mol. The van der Waals surface area contributed by atoms with Crippen LogP contribution in [0.3, 0.4) is 0 Å². The van der Waals surface area contributed by atoms with Crippen molar-refractivity contribution in [2.75, 3.05) is 13.2 Å². The van der Waals surface area contributed by atoms with Crippen LogP contribution >= 0.6 is 0 Å². The molecule has 17 heavy (non-hydrogen) atoms.